The van der Waals surface area contributed by atoms with Crippen LogP contribution in [0.25, 0.3) is 5.57 Å². The van der Waals surface area contributed by atoms with E-state index in [2.05, 4.69) is 0 Å². The van der Waals surface area contributed by atoms with Crippen LogP contribution < -0.4 is 4.74 Å². The number of likely N-dealkylation sites (N-methyl/N-ethyl adjacent to an activating group) is 1. The minimum absolute atomic E-state index is 0.0454. The van der Waals surface area contributed by atoms with Crippen molar-refractivity contribution in [3.05, 3.63) is 34.7 Å². The van der Waals surface area contributed by atoms with E-state index in [1.807, 2.05) is 13.8 Å². The first-order valence-electron chi connectivity index (χ1n) is 7.60. The molecule has 1 aliphatic heterocycles. The van der Waals surface area contributed by atoms with Gasteiger partial charge in [-0.05, 0) is 38.5 Å². The van der Waals surface area contributed by atoms with Crippen molar-refractivity contribution in [2.24, 2.45) is 0 Å². The van der Waals surface area contributed by atoms with Crippen molar-refractivity contribution in [3.63, 3.8) is 0 Å². The number of carbonyl (C=O) groups excluding carboxylic acids is 2. The summed E-state index contributed by atoms with van der Waals surface area (Å²) in [6.45, 7) is 5.94. The summed E-state index contributed by atoms with van der Waals surface area (Å²) in [6.07, 6.45) is 0.0704. The number of aliphatic hydroxyl groups is 1. The van der Waals surface area contributed by atoms with E-state index in [9.17, 15) is 9.59 Å². The van der Waals surface area contributed by atoms with Gasteiger partial charge >= 0.3 is 0 Å². The zero-order valence-corrected chi connectivity index (χ0v) is 14.4. The average molecular weight is 335 g/mol. The molecular formula is C17H21NO4S. The van der Waals surface area contributed by atoms with E-state index in [1.165, 1.54) is 16.7 Å². The van der Waals surface area contributed by atoms with Gasteiger partial charge in [-0.15, -0.1) is 11.8 Å². The Balaban J connectivity index is 2.37. The Kier molecular flexibility index (Phi) is 5.85. The SMILES string of the molecule is CCN1C(=O)C(SCCO)=C(c2ccc(OC(C)C)cc2)C1=O. The molecule has 2 rings (SSSR count). The Bertz CT molecular complexity index is 622. The number of thioether (sulfide) groups is 1. The Hall–Kier alpha value is -1.79. The fourth-order valence-corrected chi connectivity index (χ4v) is 3.23. The smallest absolute Gasteiger partial charge is 0.267 e. The number of ether oxygens (including phenoxy) is 1. The van der Waals surface area contributed by atoms with Crippen LogP contribution in [0.15, 0.2) is 29.2 Å². The van der Waals surface area contributed by atoms with E-state index in [4.69, 9.17) is 9.84 Å². The van der Waals surface area contributed by atoms with Gasteiger partial charge in [-0.2, -0.15) is 0 Å². The number of hydrogen-bond acceptors (Lipinski definition) is 5. The molecule has 1 aromatic rings. The molecule has 0 atom stereocenters. The van der Waals surface area contributed by atoms with Crippen molar-refractivity contribution < 1.29 is 19.4 Å². The van der Waals surface area contributed by atoms with Gasteiger partial charge in [-0.3, -0.25) is 14.5 Å². The van der Waals surface area contributed by atoms with E-state index in [1.54, 1.807) is 31.2 Å². The second-order valence-electron chi connectivity index (χ2n) is 5.32. The van der Waals surface area contributed by atoms with Crippen molar-refractivity contribution in [1.29, 1.82) is 0 Å². The summed E-state index contributed by atoms with van der Waals surface area (Å²) >= 11 is 1.22. The zero-order valence-electron chi connectivity index (χ0n) is 13.5. The summed E-state index contributed by atoms with van der Waals surface area (Å²) < 4.78 is 5.60. The monoisotopic (exact) mass is 335 g/mol. The number of benzene rings is 1. The van der Waals surface area contributed by atoms with Gasteiger partial charge in [0.1, 0.15) is 5.75 Å². The summed E-state index contributed by atoms with van der Waals surface area (Å²) in [4.78, 5) is 26.5. The maximum absolute atomic E-state index is 12.5. The summed E-state index contributed by atoms with van der Waals surface area (Å²) in [5.74, 6) is 0.534. The van der Waals surface area contributed by atoms with Gasteiger partial charge in [-0.25, -0.2) is 0 Å². The Morgan fingerprint density at radius 3 is 2.35 bits per heavy atom. The third kappa shape index (κ3) is 3.76. The minimum atomic E-state index is -0.284. The van der Waals surface area contributed by atoms with Crippen molar-refractivity contribution in [2.45, 2.75) is 26.9 Å². The number of aliphatic hydroxyl groups excluding tert-OH is 1. The van der Waals surface area contributed by atoms with Crippen LogP contribution in [0, 0.1) is 0 Å². The van der Waals surface area contributed by atoms with Crippen LogP contribution in [-0.2, 0) is 9.59 Å². The van der Waals surface area contributed by atoms with Crippen LogP contribution in [0.5, 0.6) is 5.75 Å². The molecule has 5 nitrogen and oxygen atoms in total. The molecule has 1 N–H and O–H groups in total. The molecule has 0 radical (unpaired) electrons. The van der Waals surface area contributed by atoms with E-state index in [0.717, 1.165) is 5.75 Å². The van der Waals surface area contributed by atoms with Gasteiger partial charge in [0.25, 0.3) is 11.8 Å². The second-order valence-corrected chi connectivity index (χ2v) is 6.43. The molecule has 0 aliphatic carbocycles. The Labute approximate surface area is 140 Å². The number of imide groups is 1. The summed E-state index contributed by atoms with van der Waals surface area (Å²) in [7, 11) is 0. The number of nitrogens with zero attached hydrogens (tertiary/aromatic N) is 1. The van der Waals surface area contributed by atoms with Crippen LogP contribution in [0.3, 0.4) is 0 Å². The molecule has 0 saturated carbocycles. The van der Waals surface area contributed by atoms with Gasteiger partial charge in [0, 0.05) is 12.3 Å². The average Bonchev–Trinajstić information content (AvgIpc) is 2.75. The molecule has 1 aromatic carbocycles. The topological polar surface area (TPSA) is 66.8 Å². The Morgan fingerprint density at radius 1 is 1.17 bits per heavy atom. The molecule has 0 bridgehead atoms. The molecule has 2 amide bonds. The lowest BCUT2D eigenvalue weighted by atomic mass is 10.1. The van der Waals surface area contributed by atoms with Crippen molar-refractivity contribution in [2.75, 3.05) is 18.9 Å². The molecular weight excluding hydrogens is 314 g/mol. The first-order valence-corrected chi connectivity index (χ1v) is 8.59. The molecule has 23 heavy (non-hydrogen) atoms. The lowest BCUT2D eigenvalue weighted by Gasteiger charge is -2.12. The molecule has 0 unspecified atom stereocenters. The van der Waals surface area contributed by atoms with Crippen molar-refractivity contribution >= 4 is 29.1 Å². The first kappa shape index (κ1) is 17.6. The number of rotatable bonds is 7. The normalized spacial score (nSPS) is 15.1. The maximum atomic E-state index is 12.5. The molecule has 0 spiro atoms. The van der Waals surface area contributed by atoms with E-state index >= 15 is 0 Å². The fourth-order valence-electron chi connectivity index (χ4n) is 2.35. The minimum Gasteiger partial charge on any atom is -0.491 e. The molecule has 0 saturated heterocycles. The molecule has 0 fully saturated rings. The highest BCUT2D eigenvalue weighted by molar-refractivity contribution is 8.04. The van der Waals surface area contributed by atoms with Crippen LogP contribution in [0.2, 0.25) is 0 Å². The van der Waals surface area contributed by atoms with E-state index in [0.29, 0.717) is 28.3 Å². The van der Waals surface area contributed by atoms with Crippen molar-refractivity contribution in [1.82, 2.24) is 4.90 Å². The molecule has 1 heterocycles. The third-order valence-electron chi connectivity index (χ3n) is 3.29. The van der Waals surface area contributed by atoms with E-state index in [-0.39, 0.29) is 24.5 Å². The summed E-state index contributed by atoms with van der Waals surface area (Å²) in [5.41, 5.74) is 1.10. The van der Waals surface area contributed by atoms with Crippen LogP contribution in [0.1, 0.15) is 26.3 Å². The van der Waals surface area contributed by atoms with Gasteiger partial charge < -0.3 is 9.84 Å². The lowest BCUT2D eigenvalue weighted by molar-refractivity contribution is -0.136. The van der Waals surface area contributed by atoms with Gasteiger partial charge in [0.15, 0.2) is 0 Å². The third-order valence-corrected chi connectivity index (χ3v) is 4.35. The molecule has 6 heteroatoms. The largest absolute Gasteiger partial charge is 0.491 e. The van der Waals surface area contributed by atoms with Crippen LogP contribution >= 0.6 is 11.8 Å². The first-order chi connectivity index (χ1) is 11.0. The van der Waals surface area contributed by atoms with Gasteiger partial charge in [-0.1, -0.05) is 12.1 Å². The summed E-state index contributed by atoms with van der Waals surface area (Å²) in [5, 5.41) is 9.01. The van der Waals surface area contributed by atoms with E-state index < -0.39 is 0 Å². The predicted molar refractivity (Wildman–Crippen MR) is 91.1 cm³/mol. The maximum Gasteiger partial charge on any atom is 0.267 e. The standard InChI is InChI=1S/C17H21NO4S/c1-4-18-16(20)14(15(17(18)21)23-10-9-19)12-5-7-13(8-6-12)22-11(2)3/h5-8,11,19H,4,9-10H2,1-3H3. The van der Waals surface area contributed by atoms with Crippen LogP contribution in [0.4, 0.5) is 0 Å². The highest BCUT2D eigenvalue weighted by Crippen LogP contribution is 2.36. The Morgan fingerprint density at radius 2 is 1.83 bits per heavy atom. The lowest BCUT2D eigenvalue weighted by Crippen LogP contribution is -2.31. The summed E-state index contributed by atoms with van der Waals surface area (Å²) in [6, 6.07) is 7.17. The quantitative estimate of drug-likeness (QED) is 0.775. The molecule has 1 aliphatic rings. The van der Waals surface area contributed by atoms with Crippen molar-refractivity contribution in [3.8, 4) is 5.75 Å². The van der Waals surface area contributed by atoms with Gasteiger partial charge in [0.05, 0.1) is 23.2 Å². The molecule has 124 valence electrons. The highest BCUT2D eigenvalue weighted by Gasteiger charge is 2.38. The molecule has 0 aromatic heterocycles. The second kappa shape index (κ2) is 7.66. The highest BCUT2D eigenvalue weighted by atomic mass is 32.2. The zero-order chi connectivity index (χ0) is 17.0. The number of carbonyl (C=O) groups is 2. The number of amides is 2. The van der Waals surface area contributed by atoms with Crippen LogP contribution in [-0.4, -0.2) is 46.8 Å². The predicted octanol–water partition coefficient (Wildman–Crippen LogP) is 2.30. The van der Waals surface area contributed by atoms with Gasteiger partial charge in [0.2, 0.25) is 0 Å². The number of hydrogen-bond donors (Lipinski definition) is 1. The fraction of sp³-hybridized carbons (Fsp3) is 0.412.